The highest BCUT2D eigenvalue weighted by Crippen LogP contribution is 2.33. The highest BCUT2D eigenvalue weighted by molar-refractivity contribution is 8.00. The molecular weight excluding hydrogens is 382 g/mol. The Bertz CT molecular complexity index is 528. The number of amides is 3. The summed E-state index contributed by atoms with van der Waals surface area (Å²) in [6.07, 6.45) is 8.46. The van der Waals surface area contributed by atoms with Crippen LogP contribution in [-0.2, 0) is 19.0 Å². The van der Waals surface area contributed by atoms with Gasteiger partial charge < -0.3 is 30.2 Å². The standard InChI is InChI=1S/C19H31N3O5S/c1-2-8-25-10-12-27-13-11-26-9-7-20-17(23)6-4-3-5-16-18-15(14-28-16)21-19(24)22-18/h1,15-16,18H,3-14H2,(H,20,23)(H2,21,22,24)/t15-,16-,18-/m0/s1. The Kier molecular flexibility index (Phi) is 11.1. The molecule has 2 heterocycles. The van der Waals surface area contributed by atoms with Crippen LogP contribution in [0.25, 0.3) is 0 Å². The molecule has 0 radical (unpaired) electrons. The lowest BCUT2D eigenvalue weighted by molar-refractivity contribution is -0.121. The smallest absolute Gasteiger partial charge is 0.315 e. The molecule has 0 aromatic rings. The first-order chi connectivity index (χ1) is 13.7. The number of fused-ring (bicyclic) bond motifs is 1. The molecular formula is C19H31N3O5S. The van der Waals surface area contributed by atoms with E-state index in [-0.39, 0.29) is 24.0 Å². The molecule has 2 aliphatic rings. The summed E-state index contributed by atoms with van der Waals surface area (Å²) in [5.74, 6) is 3.41. The Labute approximate surface area is 171 Å². The van der Waals surface area contributed by atoms with Crippen molar-refractivity contribution in [2.75, 3.05) is 51.9 Å². The van der Waals surface area contributed by atoms with Crippen molar-refractivity contribution < 1.29 is 23.8 Å². The predicted molar refractivity (Wildman–Crippen MR) is 108 cm³/mol. The lowest BCUT2D eigenvalue weighted by atomic mass is 10.0. The van der Waals surface area contributed by atoms with E-state index in [0.29, 0.717) is 57.9 Å². The molecule has 8 nitrogen and oxygen atoms in total. The summed E-state index contributed by atoms with van der Waals surface area (Å²) in [6, 6.07) is 0.448. The van der Waals surface area contributed by atoms with Gasteiger partial charge in [-0.2, -0.15) is 11.8 Å². The molecule has 0 aliphatic carbocycles. The maximum Gasteiger partial charge on any atom is 0.315 e. The second-order valence-corrected chi connectivity index (χ2v) is 7.97. The van der Waals surface area contributed by atoms with Gasteiger partial charge in [0.2, 0.25) is 5.91 Å². The van der Waals surface area contributed by atoms with E-state index in [9.17, 15) is 9.59 Å². The normalized spacial score (nSPS) is 23.0. The summed E-state index contributed by atoms with van der Waals surface area (Å²) in [5, 5.41) is 9.25. The fourth-order valence-corrected chi connectivity index (χ4v) is 4.74. The fourth-order valence-electron chi connectivity index (χ4n) is 3.20. The van der Waals surface area contributed by atoms with Crippen LogP contribution in [0.5, 0.6) is 0 Å². The quantitative estimate of drug-likeness (QED) is 0.206. The number of carbonyl (C=O) groups is 2. The molecule has 2 fully saturated rings. The Morgan fingerprint density at radius 1 is 1.14 bits per heavy atom. The zero-order chi connectivity index (χ0) is 20.0. The average molecular weight is 414 g/mol. The molecule has 2 aliphatic heterocycles. The summed E-state index contributed by atoms with van der Waals surface area (Å²) in [5.41, 5.74) is 0. The average Bonchev–Trinajstić information content (AvgIpc) is 3.22. The molecule has 9 heteroatoms. The van der Waals surface area contributed by atoms with Crippen molar-refractivity contribution in [1.29, 1.82) is 0 Å². The van der Waals surface area contributed by atoms with E-state index in [1.165, 1.54) is 0 Å². The number of ether oxygens (including phenoxy) is 3. The van der Waals surface area contributed by atoms with Gasteiger partial charge in [0.25, 0.3) is 0 Å². The van der Waals surface area contributed by atoms with Gasteiger partial charge in [-0.3, -0.25) is 4.79 Å². The second kappa shape index (κ2) is 13.7. The molecule has 2 rings (SSSR count). The zero-order valence-electron chi connectivity index (χ0n) is 16.2. The van der Waals surface area contributed by atoms with Gasteiger partial charge in [-0.05, 0) is 12.8 Å². The number of hydrogen-bond acceptors (Lipinski definition) is 6. The largest absolute Gasteiger partial charge is 0.377 e. The van der Waals surface area contributed by atoms with Crippen LogP contribution in [-0.4, -0.2) is 81.2 Å². The molecule has 158 valence electrons. The first-order valence-corrected chi connectivity index (χ1v) is 10.9. The van der Waals surface area contributed by atoms with Crippen LogP contribution in [0.3, 0.4) is 0 Å². The minimum absolute atomic E-state index is 0.0532. The van der Waals surface area contributed by atoms with Gasteiger partial charge in [0.15, 0.2) is 0 Å². The van der Waals surface area contributed by atoms with Crippen molar-refractivity contribution in [2.45, 2.75) is 43.0 Å². The number of rotatable bonds is 15. The molecule has 0 spiro atoms. The summed E-state index contributed by atoms with van der Waals surface area (Å²) >= 11 is 1.91. The van der Waals surface area contributed by atoms with Crippen molar-refractivity contribution in [3.8, 4) is 12.3 Å². The van der Waals surface area contributed by atoms with Crippen LogP contribution in [0.2, 0.25) is 0 Å². The van der Waals surface area contributed by atoms with Gasteiger partial charge in [0.1, 0.15) is 6.61 Å². The number of urea groups is 1. The summed E-state index contributed by atoms with van der Waals surface area (Å²) in [4.78, 5) is 23.2. The molecule has 0 aromatic heterocycles. The van der Waals surface area contributed by atoms with E-state index < -0.39 is 0 Å². The second-order valence-electron chi connectivity index (χ2n) is 6.70. The van der Waals surface area contributed by atoms with Crippen LogP contribution in [0.4, 0.5) is 4.79 Å². The number of nitrogens with one attached hydrogen (secondary N) is 3. The van der Waals surface area contributed by atoms with Crippen LogP contribution < -0.4 is 16.0 Å². The molecule has 0 bridgehead atoms. The molecule has 3 atom stereocenters. The van der Waals surface area contributed by atoms with E-state index in [1.807, 2.05) is 11.8 Å². The molecule has 3 N–H and O–H groups in total. The van der Waals surface area contributed by atoms with E-state index in [2.05, 4.69) is 21.9 Å². The number of hydrogen-bond donors (Lipinski definition) is 3. The molecule has 0 aromatic carbocycles. The van der Waals surface area contributed by atoms with Gasteiger partial charge >= 0.3 is 6.03 Å². The molecule has 2 saturated heterocycles. The summed E-state index contributed by atoms with van der Waals surface area (Å²) < 4.78 is 15.8. The number of terminal acetylenes is 1. The number of thioether (sulfide) groups is 1. The SMILES string of the molecule is C#CCOCCOCCOCCNC(=O)CCCC[C@@H]1SC[C@@H]2NC(=O)N[C@@H]21. The third-order valence-electron chi connectivity index (χ3n) is 4.58. The van der Waals surface area contributed by atoms with Crippen LogP contribution >= 0.6 is 11.8 Å². The van der Waals surface area contributed by atoms with Gasteiger partial charge in [-0.15, -0.1) is 6.42 Å². The van der Waals surface area contributed by atoms with Gasteiger partial charge in [-0.1, -0.05) is 12.3 Å². The molecule has 0 unspecified atom stereocenters. The Morgan fingerprint density at radius 2 is 1.89 bits per heavy atom. The van der Waals surface area contributed by atoms with E-state index in [0.717, 1.165) is 25.0 Å². The Hall–Kier alpha value is -1.47. The Morgan fingerprint density at radius 3 is 2.68 bits per heavy atom. The van der Waals surface area contributed by atoms with Crippen LogP contribution in [0.1, 0.15) is 25.7 Å². The minimum Gasteiger partial charge on any atom is -0.377 e. The minimum atomic E-state index is -0.0532. The Balaban J connectivity index is 1.35. The lowest BCUT2D eigenvalue weighted by Crippen LogP contribution is -2.36. The topological polar surface area (TPSA) is 97.9 Å². The van der Waals surface area contributed by atoms with Crippen molar-refractivity contribution >= 4 is 23.7 Å². The van der Waals surface area contributed by atoms with Crippen molar-refractivity contribution in [1.82, 2.24) is 16.0 Å². The van der Waals surface area contributed by atoms with E-state index in [4.69, 9.17) is 20.6 Å². The fraction of sp³-hybridized carbons (Fsp3) is 0.789. The van der Waals surface area contributed by atoms with Gasteiger partial charge in [0.05, 0.1) is 45.1 Å². The predicted octanol–water partition coefficient (Wildman–Crippen LogP) is 0.511. The molecule has 28 heavy (non-hydrogen) atoms. The third-order valence-corrected chi connectivity index (χ3v) is 6.09. The highest BCUT2D eigenvalue weighted by Gasteiger charge is 2.42. The monoisotopic (exact) mass is 413 g/mol. The third kappa shape index (κ3) is 8.69. The van der Waals surface area contributed by atoms with Gasteiger partial charge in [0, 0.05) is 24.0 Å². The van der Waals surface area contributed by atoms with Crippen LogP contribution in [0.15, 0.2) is 0 Å². The maximum atomic E-state index is 11.8. The summed E-state index contributed by atoms with van der Waals surface area (Å²) in [7, 11) is 0. The highest BCUT2D eigenvalue weighted by atomic mass is 32.2. The van der Waals surface area contributed by atoms with E-state index >= 15 is 0 Å². The van der Waals surface area contributed by atoms with Crippen molar-refractivity contribution in [2.24, 2.45) is 0 Å². The molecule has 0 saturated carbocycles. The van der Waals surface area contributed by atoms with Gasteiger partial charge in [-0.25, -0.2) is 4.79 Å². The number of unbranched alkanes of at least 4 members (excludes halogenated alkanes) is 1. The van der Waals surface area contributed by atoms with Crippen molar-refractivity contribution in [3.05, 3.63) is 0 Å². The molecule has 3 amide bonds. The van der Waals surface area contributed by atoms with Crippen LogP contribution in [0, 0.1) is 12.3 Å². The van der Waals surface area contributed by atoms with Crippen molar-refractivity contribution in [3.63, 3.8) is 0 Å². The summed E-state index contributed by atoms with van der Waals surface area (Å²) in [6.45, 7) is 3.22. The number of carbonyl (C=O) groups excluding carboxylic acids is 2. The first kappa shape index (κ1) is 22.8. The van der Waals surface area contributed by atoms with E-state index in [1.54, 1.807) is 0 Å². The first-order valence-electron chi connectivity index (χ1n) is 9.82. The maximum absolute atomic E-state index is 11.8. The zero-order valence-corrected chi connectivity index (χ0v) is 17.1. The lowest BCUT2D eigenvalue weighted by Gasteiger charge is -2.16.